The molecule has 476 valence electrons. The van der Waals surface area contributed by atoms with Gasteiger partial charge in [-0.3, -0.25) is 28.8 Å². The average molecular weight is 1230 g/mol. The molecule has 0 aliphatic heterocycles. The van der Waals surface area contributed by atoms with Crippen molar-refractivity contribution in [2.24, 2.45) is 17.2 Å². The molecule has 6 amide bonds. The van der Waals surface area contributed by atoms with Gasteiger partial charge in [-0.25, -0.2) is 4.79 Å². The number of hydrogen-bond acceptors (Lipinski definition) is 13. The van der Waals surface area contributed by atoms with Gasteiger partial charge in [-0.15, -0.1) is 0 Å². The summed E-state index contributed by atoms with van der Waals surface area (Å²) >= 11 is 0. The number of aliphatic carboxylic acids is 1. The Labute approximate surface area is 515 Å². The molecular formula is C66H80F3N9O11. The van der Waals surface area contributed by atoms with E-state index in [0.717, 1.165) is 16.7 Å². The Kier molecular flexibility index (Phi) is 29.1. The van der Waals surface area contributed by atoms with Gasteiger partial charge >= 0.3 is 12.1 Å². The van der Waals surface area contributed by atoms with Crippen molar-refractivity contribution in [3.8, 4) is 17.2 Å². The third-order valence-corrected chi connectivity index (χ3v) is 14.4. The van der Waals surface area contributed by atoms with Crippen molar-refractivity contribution in [1.82, 2.24) is 16.0 Å². The lowest BCUT2D eigenvalue weighted by molar-refractivity contribution is -0.192. The number of amides is 6. The van der Waals surface area contributed by atoms with Crippen LogP contribution in [0.15, 0.2) is 146 Å². The van der Waals surface area contributed by atoms with E-state index in [9.17, 15) is 57.3 Å². The van der Waals surface area contributed by atoms with Crippen LogP contribution in [0.3, 0.4) is 0 Å². The van der Waals surface area contributed by atoms with Gasteiger partial charge in [-0.05, 0) is 185 Å². The first kappa shape index (κ1) is 70.4. The van der Waals surface area contributed by atoms with Crippen molar-refractivity contribution in [2.75, 3.05) is 35.6 Å². The van der Waals surface area contributed by atoms with Gasteiger partial charge in [0.1, 0.15) is 35.4 Å². The number of unbranched alkanes of at least 4 members (excludes halogenated alkanes) is 3. The van der Waals surface area contributed by atoms with Crippen molar-refractivity contribution in [3.05, 3.63) is 179 Å². The molecule has 0 spiro atoms. The predicted octanol–water partition coefficient (Wildman–Crippen LogP) is 8.17. The first-order chi connectivity index (χ1) is 42.7. The van der Waals surface area contributed by atoms with E-state index in [1.807, 2.05) is 36.4 Å². The number of alkyl halides is 3. The minimum atomic E-state index is -5.08. The number of hydrogen-bond donors (Lipinski definition) is 13. The van der Waals surface area contributed by atoms with Crippen molar-refractivity contribution in [2.45, 2.75) is 127 Å². The number of carboxylic acid groups (broad SMARTS) is 1. The highest BCUT2D eigenvalue weighted by molar-refractivity contribution is 5.99. The highest BCUT2D eigenvalue weighted by atomic mass is 19.4. The Morgan fingerprint density at radius 2 is 0.640 bits per heavy atom. The zero-order valence-electron chi connectivity index (χ0n) is 49.4. The molecule has 0 heterocycles. The normalized spacial score (nSPS) is 12.1. The number of carbonyl (C=O) groups is 7. The summed E-state index contributed by atoms with van der Waals surface area (Å²) in [5.74, 6) is -5.04. The van der Waals surface area contributed by atoms with Gasteiger partial charge in [0.2, 0.25) is 35.4 Å². The van der Waals surface area contributed by atoms with Gasteiger partial charge in [-0.1, -0.05) is 91.0 Å². The summed E-state index contributed by atoms with van der Waals surface area (Å²) in [5.41, 5.74) is 23.2. The van der Waals surface area contributed by atoms with E-state index in [1.54, 1.807) is 109 Å². The van der Waals surface area contributed by atoms with Crippen molar-refractivity contribution in [3.63, 3.8) is 0 Å². The average Bonchev–Trinajstić information content (AvgIpc) is 2.99. The first-order valence-electron chi connectivity index (χ1n) is 29.5. The fraction of sp³-hybridized carbons (Fsp3) is 0.348. The fourth-order valence-corrected chi connectivity index (χ4v) is 9.54. The molecule has 0 fully saturated rings. The van der Waals surface area contributed by atoms with Crippen LogP contribution in [0.5, 0.6) is 17.2 Å². The number of phenols is 3. The minimum Gasteiger partial charge on any atom is -0.508 e. The largest absolute Gasteiger partial charge is 0.508 e. The summed E-state index contributed by atoms with van der Waals surface area (Å²) in [6.45, 7) is 1.31. The summed E-state index contributed by atoms with van der Waals surface area (Å²) < 4.78 is 31.7. The minimum absolute atomic E-state index is 0.0722. The molecule has 0 aliphatic rings. The van der Waals surface area contributed by atoms with Gasteiger partial charge in [0.15, 0.2) is 0 Å². The Morgan fingerprint density at radius 1 is 0.393 bits per heavy atom. The van der Waals surface area contributed by atoms with E-state index in [1.165, 1.54) is 0 Å². The molecule has 0 bridgehead atoms. The number of nitrogens with two attached hydrogens (primary N) is 3. The van der Waals surface area contributed by atoms with Crippen molar-refractivity contribution in [1.29, 1.82) is 0 Å². The zero-order chi connectivity index (χ0) is 64.7. The fourth-order valence-electron chi connectivity index (χ4n) is 9.54. The number of aromatic hydroxyl groups is 3. The number of halogens is 3. The standard InChI is InChI=1S/C64H79N9O9.C2HF3O2/c65-40-10-7-16-52(71-58(77)37-28-43-13-1-4-19-55(43)74)62(80)68-49-31-22-46(23-32-49)61(47-24-33-50(34-25-47)69-63(81)53(17-8-11-41-66)72-59(78)38-29-44-14-2-5-20-56(44)75)48-26-35-51(36-27-48)70-64(82)54(18-9-12-42-67)73-60(79)39-30-45-15-3-6-21-57(45)76;3-2(4,5)1(6)7/h1-6,13-15,19-27,31-36,52-54,61,74-76H,7-12,16-18,28-30,37-42,65-67H2,(H,68,80)(H,69,81)(H,70,82)(H,71,77)(H,72,78)(H,73,79);(H,6,7)/t52-,53-,54-;/m1./s1. The van der Waals surface area contributed by atoms with Crippen molar-refractivity contribution >= 4 is 58.5 Å². The maximum atomic E-state index is 13.8. The molecule has 23 heteroatoms. The molecule has 20 nitrogen and oxygen atoms in total. The van der Waals surface area contributed by atoms with Crippen LogP contribution >= 0.6 is 0 Å². The number of phenolic OH excluding ortho intramolecular Hbond substituents is 3. The monoisotopic (exact) mass is 1230 g/mol. The number of aryl methyl sites for hydroxylation is 3. The summed E-state index contributed by atoms with van der Waals surface area (Å²) in [6, 6.07) is 39.9. The molecule has 0 radical (unpaired) electrons. The van der Waals surface area contributed by atoms with Crippen LogP contribution in [0.4, 0.5) is 30.2 Å². The third-order valence-electron chi connectivity index (χ3n) is 14.4. The van der Waals surface area contributed by atoms with Crippen LogP contribution in [-0.2, 0) is 52.8 Å². The van der Waals surface area contributed by atoms with E-state index >= 15 is 0 Å². The number of rotatable bonds is 33. The third kappa shape index (κ3) is 24.4. The lowest BCUT2D eigenvalue weighted by Crippen LogP contribution is -2.44. The lowest BCUT2D eigenvalue weighted by Gasteiger charge is -2.22. The second kappa shape index (κ2) is 36.7. The Hall–Kier alpha value is -9.32. The number of nitrogens with one attached hydrogen (secondary N) is 6. The molecule has 16 N–H and O–H groups in total. The van der Waals surface area contributed by atoms with Gasteiger partial charge < -0.3 is 69.5 Å². The Morgan fingerprint density at radius 3 is 0.865 bits per heavy atom. The maximum Gasteiger partial charge on any atom is 0.490 e. The highest BCUT2D eigenvalue weighted by Crippen LogP contribution is 2.34. The number of carbonyl (C=O) groups excluding carboxylic acids is 6. The van der Waals surface area contributed by atoms with Gasteiger partial charge in [0.25, 0.3) is 0 Å². The topological polar surface area (TPSA) is 351 Å². The van der Waals surface area contributed by atoms with Crippen LogP contribution in [0.1, 0.15) is 116 Å². The second-order valence-corrected chi connectivity index (χ2v) is 21.2. The number of carboxylic acids is 1. The quantitative estimate of drug-likeness (QED) is 0.0137. The lowest BCUT2D eigenvalue weighted by atomic mass is 9.85. The maximum absolute atomic E-state index is 13.8. The summed E-state index contributed by atoms with van der Waals surface area (Å²) in [7, 11) is 0. The first-order valence-corrected chi connectivity index (χ1v) is 29.5. The molecule has 0 saturated heterocycles. The van der Waals surface area contributed by atoms with Crippen LogP contribution in [0.2, 0.25) is 0 Å². The molecule has 6 aromatic rings. The van der Waals surface area contributed by atoms with Gasteiger partial charge in [0, 0.05) is 42.2 Å². The van der Waals surface area contributed by atoms with Gasteiger partial charge in [0.05, 0.1) is 0 Å². The molecule has 6 aromatic carbocycles. The molecule has 0 unspecified atom stereocenters. The van der Waals surface area contributed by atoms with Crippen molar-refractivity contribution < 1.29 is 67.2 Å². The molecule has 0 aromatic heterocycles. The van der Waals surface area contributed by atoms with E-state index in [2.05, 4.69) is 31.9 Å². The smallest absolute Gasteiger partial charge is 0.490 e. The predicted molar refractivity (Wildman–Crippen MR) is 334 cm³/mol. The molecule has 0 aliphatic carbocycles. The van der Waals surface area contributed by atoms with Gasteiger partial charge in [-0.2, -0.15) is 13.2 Å². The second-order valence-electron chi connectivity index (χ2n) is 21.2. The molecule has 3 atom stereocenters. The van der Waals surface area contributed by atoms with Crippen LogP contribution in [0, 0.1) is 0 Å². The summed E-state index contributed by atoms with van der Waals surface area (Å²) in [6.07, 6.45) is 0.976. The summed E-state index contributed by atoms with van der Waals surface area (Å²) in [5, 5.41) is 55.3. The number of benzene rings is 6. The van der Waals surface area contributed by atoms with Crippen LogP contribution < -0.4 is 49.1 Å². The van der Waals surface area contributed by atoms with E-state index in [4.69, 9.17) is 27.1 Å². The van der Waals surface area contributed by atoms with E-state index in [0.29, 0.717) is 130 Å². The highest BCUT2D eigenvalue weighted by Gasteiger charge is 2.38. The summed E-state index contributed by atoms with van der Waals surface area (Å²) in [4.78, 5) is 89.8. The van der Waals surface area contributed by atoms with E-state index < -0.39 is 53.9 Å². The number of para-hydroxylation sites is 3. The number of anilines is 3. The molecular weight excluding hydrogens is 1150 g/mol. The molecule has 89 heavy (non-hydrogen) atoms. The zero-order valence-corrected chi connectivity index (χ0v) is 49.4. The van der Waals surface area contributed by atoms with E-state index in [-0.39, 0.29) is 54.2 Å². The molecule has 6 rings (SSSR count). The Balaban J connectivity index is 0.00000194. The Bertz CT molecular complexity index is 2920. The molecule has 0 saturated carbocycles. The van der Waals surface area contributed by atoms with Crippen LogP contribution in [-0.4, -0.2) is 106 Å². The SMILES string of the molecule is NCCCC[C@@H](NC(=O)CCc1ccccc1O)C(=O)Nc1ccc(C(c2ccc(NC(=O)[C@@H](CCCCN)NC(=O)CCc3ccccc3O)cc2)c2ccc(NC(=O)[C@@H](CCCCN)NC(=O)CCc3ccccc3O)cc2)cc1.O=C(O)C(F)(F)F. The van der Waals surface area contributed by atoms with Crippen LogP contribution in [0.25, 0.3) is 0 Å².